The van der Waals surface area contributed by atoms with Gasteiger partial charge in [0.05, 0.1) is 7.11 Å². The van der Waals surface area contributed by atoms with Crippen LogP contribution in [0.25, 0.3) is 0 Å². The molecule has 0 saturated heterocycles. The predicted molar refractivity (Wildman–Crippen MR) is 116 cm³/mol. The quantitative estimate of drug-likeness (QED) is 0.568. The van der Waals surface area contributed by atoms with E-state index >= 15 is 0 Å². The van der Waals surface area contributed by atoms with Crippen LogP contribution in [0, 0.1) is 6.92 Å². The Hall–Kier alpha value is -3.28. The van der Waals surface area contributed by atoms with Crippen LogP contribution in [0.5, 0.6) is 5.75 Å². The van der Waals surface area contributed by atoms with E-state index in [2.05, 4.69) is 64.5 Å². The molecule has 1 aromatic heterocycles. The molecule has 2 N–H and O–H groups in total. The molecule has 0 aliphatic rings. The van der Waals surface area contributed by atoms with Crippen LogP contribution in [0.15, 0.2) is 54.7 Å². The third-order valence-electron chi connectivity index (χ3n) is 4.60. The number of benzene rings is 2. The van der Waals surface area contributed by atoms with Crippen molar-refractivity contribution in [3.63, 3.8) is 0 Å². The number of hydrogen-bond acceptors (Lipinski definition) is 6. The van der Waals surface area contributed by atoms with Crippen molar-refractivity contribution in [2.45, 2.75) is 20.8 Å². The molecule has 6 nitrogen and oxygen atoms in total. The lowest BCUT2D eigenvalue weighted by molar-refractivity contribution is 0.415. The molecule has 0 atom stereocenters. The number of aromatic nitrogens is 2. The zero-order valence-electron chi connectivity index (χ0n) is 16.9. The molecular formula is C22H27N5O. The van der Waals surface area contributed by atoms with Gasteiger partial charge in [-0.3, -0.25) is 0 Å². The Morgan fingerprint density at radius 2 is 1.71 bits per heavy atom. The van der Waals surface area contributed by atoms with Crippen LogP contribution in [-0.4, -0.2) is 30.2 Å². The second kappa shape index (κ2) is 9.08. The molecule has 2 aromatic carbocycles. The van der Waals surface area contributed by atoms with Crippen molar-refractivity contribution >= 4 is 28.8 Å². The number of hydrogen-bond donors (Lipinski definition) is 2. The number of ether oxygens (including phenoxy) is 1. The van der Waals surface area contributed by atoms with E-state index < -0.39 is 0 Å². The lowest BCUT2D eigenvalue weighted by Gasteiger charge is -2.22. The summed E-state index contributed by atoms with van der Waals surface area (Å²) in [6.07, 6.45) is 1.74. The molecule has 0 aliphatic carbocycles. The summed E-state index contributed by atoms with van der Waals surface area (Å²) in [4.78, 5) is 11.2. The minimum Gasteiger partial charge on any atom is -0.497 e. The molecule has 3 aromatic rings. The lowest BCUT2D eigenvalue weighted by atomic mass is 10.1. The Balaban J connectivity index is 1.73. The van der Waals surface area contributed by atoms with Crippen LogP contribution in [0.4, 0.5) is 28.8 Å². The summed E-state index contributed by atoms with van der Waals surface area (Å²) in [5.41, 5.74) is 4.31. The van der Waals surface area contributed by atoms with Crippen LogP contribution in [0.3, 0.4) is 0 Å². The molecule has 0 fully saturated rings. The molecule has 28 heavy (non-hydrogen) atoms. The normalized spacial score (nSPS) is 10.4. The van der Waals surface area contributed by atoms with E-state index in [1.54, 1.807) is 13.3 Å². The van der Waals surface area contributed by atoms with E-state index in [0.29, 0.717) is 5.95 Å². The highest BCUT2D eigenvalue weighted by atomic mass is 16.5. The molecule has 6 heteroatoms. The first kappa shape index (κ1) is 19.5. The maximum absolute atomic E-state index is 5.19. The summed E-state index contributed by atoms with van der Waals surface area (Å²) in [6.45, 7) is 8.41. The van der Waals surface area contributed by atoms with Gasteiger partial charge in [-0.25, -0.2) is 4.98 Å². The van der Waals surface area contributed by atoms with Crippen molar-refractivity contribution in [3.05, 3.63) is 60.3 Å². The predicted octanol–water partition coefficient (Wildman–Crippen LogP) is 5.13. The first-order valence-electron chi connectivity index (χ1n) is 9.49. The fourth-order valence-corrected chi connectivity index (χ4v) is 3.00. The maximum Gasteiger partial charge on any atom is 0.229 e. The SMILES string of the molecule is CCN(CC)c1ccc(Nc2nccc(Nc3ccc(OC)cc3)n2)c(C)c1. The van der Waals surface area contributed by atoms with Gasteiger partial charge in [0.25, 0.3) is 0 Å². The van der Waals surface area contributed by atoms with Crippen molar-refractivity contribution in [1.29, 1.82) is 0 Å². The molecule has 0 radical (unpaired) electrons. The van der Waals surface area contributed by atoms with E-state index in [4.69, 9.17) is 4.74 Å². The molecule has 1 heterocycles. The Morgan fingerprint density at radius 3 is 2.36 bits per heavy atom. The third-order valence-corrected chi connectivity index (χ3v) is 4.60. The summed E-state index contributed by atoms with van der Waals surface area (Å²) in [7, 11) is 1.65. The Bertz CT molecular complexity index is 907. The Labute approximate surface area is 166 Å². The second-order valence-corrected chi connectivity index (χ2v) is 6.42. The summed E-state index contributed by atoms with van der Waals surface area (Å²) in [6, 6.07) is 15.9. The fraction of sp³-hybridized carbons (Fsp3) is 0.273. The molecule has 0 spiro atoms. The van der Waals surface area contributed by atoms with Gasteiger partial charge in [0.2, 0.25) is 5.95 Å². The number of methoxy groups -OCH3 is 1. The second-order valence-electron chi connectivity index (χ2n) is 6.42. The number of rotatable bonds is 8. The lowest BCUT2D eigenvalue weighted by Crippen LogP contribution is -2.21. The first-order chi connectivity index (χ1) is 13.6. The number of nitrogens with zero attached hydrogens (tertiary/aromatic N) is 3. The van der Waals surface area contributed by atoms with Gasteiger partial charge in [0.1, 0.15) is 11.6 Å². The van der Waals surface area contributed by atoms with Gasteiger partial charge in [0.15, 0.2) is 0 Å². The van der Waals surface area contributed by atoms with E-state index in [9.17, 15) is 0 Å². The van der Waals surface area contributed by atoms with Crippen LogP contribution in [0.1, 0.15) is 19.4 Å². The highest BCUT2D eigenvalue weighted by molar-refractivity contribution is 5.65. The summed E-state index contributed by atoms with van der Waals surface area (Å²) >= 11 is 0. The van der Waals surface area contributed by atoms with Gasteiger partial charge in [-0.05, 0) is 74.9 Å². The van der Waals surface area contributed by atoms with Crippen LogP contribution < -0.4 is 20.3 Å². The molecule has 0 amide bonds. The topological polar surface area (TPSA) is 62.3 Å². The smallest absolute Gasteiger partial charge is 0.229 e. The third kappa shape index (κ3) is 4.71. The van der Waals surface area contributed by atoms with Crippen molar-refractivity contribution in [2.24, 2.45) is 0 Å². The minimum atomic E-state index is 0.553. The monoisotopic (exact) mass is 377 g/mol. The molecule has 0 unspecified atom stereocenters. The maximum atomic E-state index is 5.19. The summed E-state index contributed by atoms with van der Waals surface area (Å²) in [5, 5.41) is 6.60. The fourth-order valence-electron chi connectivity index (χ4n) is 3.00. The average Bonchev–Trinajstić information content (AvgIpc) is 2.72. The Morgan fingerprint density at radius 1 is 0.964 bits per heavy atom. The van der Waals surface area contributed by atoms with Crippen LogP contribution in [-0.2, 0) is 0 Å². The summed E-state index contributed by atoms with van der Waals surface area (Å²) in [5.74, 6) is 2.09. The van der Waals surface area contributed by atoms with Gasteiger partial charge < -0.3 is 20.3 Å². The van der Waals surface area contributed by atoms with E-state index in [1.165, 1.54) is 5.69 Å². The van der Waals surface area contributed by atoms with Gasteiger partial charge in [-0.2, -0.15) is 4.98 Å². The molecular weight excluding hydrogens is 350 g/mol. The van der Waals surface area contributed by atoms with Crippen molar-refractivity contribution in [1.82, 2.24) is 9.97 Å². The standard InChI is InChI=1S/C22H27N5O/c1-5-27(6-2)18-9-12-20(16(3)15-18)25-22-23-14-13-21(26-22)24-17-7-10-19(28-4)11-8-17/h7-15H,5-6H2,1-4H3,(H2,23,24,25,26). The number of nitrogens with one attached hydrogen (secondary N) is 2. The molecule has 3 rings (SSSR count). The zero-order valence-corrected chi connectivity index (χ0v) is 16.9. The van der Waals surface area contributed by atoms with Crippen molar-refractivity contribution < 1.29 is 4.74 Å². The minimum absolute atomic E-state index is 0.553. The van der Waals surface area contributed by atoms with Gasteiger partial charge in [-0.1, -0.05) is 0 Å². The largest absolute Gasteiger partial charge is 0.497 e. The number of anilines is 5. The van der Waals surface area contributed by atoms with Gasteiger partial charge in [0, 0.05) is 36.3 Å². The van der Waals surface area contributed by atoms with Crippen LogP contribution >= 0.6 is 0 Å². The highest BCUT2D eigenvalue weighted by Gasteiger charge is 2.07. The van der Waals surface area contributed by atoms with E-state index in [0.717, 1.165) is 41.6 Å². The Kier molecular flexibility index (Phi) is 6.32. The van der Waals surface area contributed by atoms with E-state index in [-0.39, 0.29) is 0 Å². The first-order valence-corrected chi connectivity index (χ1v) is 9.49. The molecule has 0 aliphatic heterocycles. The van der Waals surface area contributed by atoms with Gasteiger partial charge >= 0.3 is 0 Å². The van der Waals surface area contributed by atoms with Crippen molar-refractivity contribution in [2.75, 3.05) is 35.7 Å². The summed E-state index contributed by atoms with van der Waals surface area (Å²) < 4.78 is 5.19. The highest BCUT2D eigenvalue weighted by Crippen LogP contribution is 2.25. The van der Waals surface area contributed by atoms with Gasteiger partial charge in [-0.15, -0.1) is 0 Å². The zero-order chi connectivity index (χ0) is 19.9. The van der Waals surface area contributed by atoms with Crippen LogP contribution in [0.2, 0.25) is 0 Å². The van der Waals surface area contributed by atoms with Crippen molar-refractivity contribution in [3.8, 4) is 5.75 Å². The number of aryl methyl sites for hydroxylation is 1. The molecule has 0 bridgehead atoms. The molecule has 146 valence electrons. The molecule has 0 saturated carbocycles. The van der Waals surface area contributed by atoms with E-state index in [1.807, 2.05) is 30.3 Å². The average molecular weight is 377 g/mol.